The summed E-state index contributed by atoms with van der Waals surface area (Å²) in [6.07, 6.45) is 2.25. The van der Waals surface area contributed by atoms with Crippen molar-refractivity contribution in [3.63, 3.8) is 0 Å². The van der Waals surface area contributed by atoms with E-state index in [1.165, 1.54) is 0 Å². The monoisotopic (exact) mass is 275 g/mol. The fraction of sp³-hybridized carbons (Fsp3) is 0.818. The van der Waals surface area contributed by atoms with Crippen molar-refractivity contribution in [2.45, 2.75) is 18.6 Å². The van der Waals surface area contributed by atoms with Crippen LogP contribution in [0.1, 0.15) is 13.3 Å². The molecular formula is C11H21N3O3S. The highest BCUT2D eigenvalue weighted by atomic mass is 32.2. The zero-order valence-corrected chi connectivity index (χ0v) is 11.7. The Morgan fingerprint density at radius 2 is 2.00 bits per heavy atom. The number of hydrogen-bond donors (Lipinski definition) is 2. The number of hydrogen-bond acceptors (Lipinski definition) is 4. The largest absolute Gasteiger partial charge is 0.348 e. The summed E-state index contributed by atoms with van der Waals surface area (Å²) in [5, 5.41) is 5.73. The molecule has 1 aliphatic heterocycles. The molecule has 2 N–H and O–H groups in total. The SMILES string of the molecule is CC(CCNC(=O)C(=O)N1CCNCC1)S(C)=O. The second-order valence-corrected chi connectivity index (χ2v) is 6.20. The third kappa shape index (κ3) is 4.73. The average Bonchev–Trinajstić information content (AvgIpc) is 2.38. The van der Waals surface area contributed by atoms with E-state index in [2.05, 4.69) is 10.6 Å². The van der Waals surface area contributed by atoms with Crippen LogP contribution in [0.3, 0.4) is 0 Å². The zero-order valence-electron chi connectivity index (χ0n) is 10.9. The van der Waals surface area contributed by atoms with Crippen molar-refractivity contribution >= 4 is 22.6 Å². The van der Waals surface area contributed by atoms with Crippen LogP contribution >= 0.6 is 0 Å². The van der Waals surface area contributed by atoms with E-state index < -0.39 is 22.6 Å². The molecular weight excluding hydrogens is 254 g/mol. The van der Waals surface area contributed by atoms with Crippen molar-refractivity contribution in [1.29, 1.82) is 0 Å². The standard InChI is InChI=1S/C11H21N3O3S/c1-9(18(2)17)3-4-13-10(15)11(16)14-7-5-12-6-8-14/h9,12H,3-8H2,1-2H3,(H,13,15). The quantitative estimate of drug-likeness (QED) is 0.625. The number of nitrogens with one attached hydrogen (secondary N) is 2. The normalized spacial score (nSPS) is 19.1. The molecule has 0 saturated carbocycles. The van der Waals surface area contributed by atoms with Gasteiger partial charge in [0.25, 0.3) is 0 Å². The van der Waals surface area contributed by atoms with Gasteiger partial charge >= 0.3 is 11.8 Å². The molecule has 2 amide bonds. The molecule has 6 nitrogen and oxygen atoms in total. The minimum Gasteiger partial charge on any atom is -0.348 e. The molecule has 18 heavy (non-hydrogen) atoms. The van der Waals surface area contributed by atoms with Crippen molar-refractivity contribution in [2.75, 3.05) is 39.0 Å². The lowest BCUT2D eigenvalue weighted by molar-refractivity contribution is -0.146. The number of nitrogens with zero attached hydrogens (tertiary/aromatic N) is 1. The van der Waals surface area contributed by atoms with Crippen LogP contribution in [-0.4, -0.2) is 65.2 Å². The fourth-order valence-corrected chi connectivity index (χ4v) is 2.09. The molecule has 1 saturated heterocycles. The number of rotatable bonds is 4. The molecule has 0 spiro atoms. The Labute approximate surface area is 110 Å². The molecule has 0 bridgehead atoms. The lowest BCUT2D eigenvalue weighted by Crippen LogP contribution is -2.51. The number of carbonyl (C=O) groups is 2. The van der Waals surface area contributed by atoms with E-state index in [-0.39, 0.29) is 5.25 Å². The van der Waals surface area contributed by atoms with Crippen molar-refractivity contribution < 1.29 is 13.8 Å². The van der Waals surface area contributed by atoms with E-state index >= 15 is 0 Å². The fourth-order valence-electron chi connectivity index (χ4n) is 1.64. The third-order valence-corrected chi connectivity index (χ3v) is 4.37. The minimum absolute atomic E-state index is 0.0274. The molecule has 1 fully saturated rings. The first-order valence-corrected chi connectivity index (χ1v) is 7.74. The topological polar surface area (TPSA) is 78.5 Å². The lowest BCUT2D eigenvalue weighted by Gasteiger charge is -2.26. The van der Waals surface area contributed by atoms with Crippen molar-refractivity contribution in [3.8, 4) is 0 Å². The number of carbonyl (C=O) groups excluding carboxylic acids is 2. The predicted octanol–water partition coefficient (Wildman–Crippen LogP) is -1.31. The van der Waals surface area contributed by atoms with Crippen LogP contribution in [0.4, 0.5) is 0 Å². The van der Waals surface area contributed by atoms with Gasteiger partial charge in [0, 0.05) is 55.0 Å². The summed E-state index contributed by atoms with van der Waals surface area (Å²) in [4.78, 5) is 24.9. The highest BCUT2D eigenvalue weighted by molar-refractivity contribution is 7.84. The Kier molecular flexibility index (Phi) is 6.28. The van der Waals surface area contributed by atoms with E-state index in [0.29, 0.717) is 26.1 Å². The summed E-state index contributed by atoms with van der Waals surface area (Å²) in [5.74, 6) is -1.03. The summed E-state index contributed by atoms with van der Waals surface area (Å²) < 4.78 is 11.1. The van der Waals surface area contributed by atoms with Gasteiger partial charge in [0.05, 0.1) is 0 Å². The summed E-state index contributed by atoms with van der Waals surface area (Å²) in [6, 6.07) is 0. The molecule has 7 heteroatoms. The minimum atomic E-state index is -0.895. The van der Waals surface area contributed by atoms with Crippen LogP contribution in [0.25, 0.3) is 0 Å². The zero-order chi connectivity index (χ0) is 13.5. The highest BCUT2D eigenvalue weighted by Crippen LogP contribution is 1.98. The first-order chi connectivity index (χ1) is 8.52. The second-order valence-electron chi connectivity index (χ2n) is 4.40. The smallest absolute Gasteiger partial charge is 0.311 e. The van der Waals surface area contributed by atoms with E-state index in [9.17, 15) is 13.8 Å². The molecule has 0 aliphatic carbocycles. The van der Waals surface area contributed by atoms with Gasteiger partial charge in [0.15, 0.2) is 0 Å². The first-order valence-electron chi connectivity index (χ1n) is 6.12. The summed E-state index contributed by atoms with van der Waals surface area (Å²) in [7, 11) is -0.895. The van der Waals surface area contributed by atoms with Crippen molar-refractivity contribution in [3.05, 3.63) is 0 Å². The second kappa shape index (κ2) is 7.48. The molecule has 0 aromatic heterocycles. The summed E-state index contributed by atoms with van der Waals surface area (Å²) in [6.45, 7) is 4.84. The first kappa shape index (κ1) is 15.1. The molecule has 0 aromatic carbocycles. The van der Waals surface area contributed by atoms with Gasteiger partial charge in [-0.05, 0) is 6.42 Å². The Morgan fingerprint density at radius 1 is 1.39 bits per heavy atom. The molecule has 2 atom stereocenters. The van der Waals surface area contributed by atoms with E-state index in [4.69, 9.17) is 0 Å². The summed E-state index contributed by atoms with van der Waals surface area (Å²) >= 11 is 0. The van der Waals surface area contributed by atoms with Gasteiger partial charge in [-0.3, -0.25) is 13.8 Å². The predicted molar refractivity (Wildman–Crippen MR) is 70.6 cm³/mol. The van der Waals surface area contributed by atoms with Gasteiger partial charge in [0.1, 0.15) is 0 Å². The van der Waals surface area contributed by atoms with Gasteiger partial charge in [-0.2, -0.15) is 0 Å². The molecule has 1 aliphatic rings. The number of amides is 2. The molecule has 1 heterocycles. The van der Waals surface area contributed by atoms with Crippen LogP contribution in [-0.2, 0) is 20.4 Å². The van der Waals surface area contributed by atoms with Crippen LogP contribution in [0.15, 0.2) is 0 Å². The molecule has 104 valence electrons. The van der Waals surface area contributed by atoms with Crippen LogP contribution < -0.4 is 10.6 Å². The van der Waals surface area contributed by atoms with E-state index in [1.807, 2.05) is 6.92 Å². The molecule has 2 unspecified atom stereocenters. The van der Waals surface area contributed by atoms with Crippen molar-refractivity contribution in [1.82, 2.24) is 15.5 Å². The Hall–Kier alpha value is -0.950. The van der Waals surface area contributed by atoms with Gasteiger partial charge in [0.2, 0.25) is 0 Å². The number of piperazine rings is 1. The molecule has 0 radical (unpaired) electrons. The van der Waals surface area contributed by atoms with Gasteiger partial charge in [-0.25, -0.2) is 0 Å². The van der Waals surface area contributed by atoms with Gasteiger partial charge in [-0.1, -0.05) is 6.92 Å². The summed E-state index contributed by atoms with van der Waals surface area (Å²) in [5.41, 5.74) is 0. The van der Waals surface area contributed by atoms with E-state index in [0.717, 1.165) is 13.1 Å². The van der Waals surface area contributed by atoms with Crippen molar-refractivity contribution in [2.24, 2.45) is 0 Å². The van der Waals surface area contributed by atoms with Crippen LogP contribution in [0, 0.1) is 0 Å². The Balaban J connectivity index is 2.27. The average molecular weight is 275 g/mol. The maximum Gasteiger partial charge on any atom is 0.311 e. The third-order valence-electron chi connectivity index (χ3n) is 3.00. The van der Waals surface area contributed by atoms with Gasteiger partial charge in [-0.15, -0.1) is 0 Å². The molecule has 1 rings (SSSR count). The molecule has 0 aromatic rings. The van der Waals surface area contributed by atoms with Gasteiger partial charge < -0.3 is 15.5 Å². The lowest BCUT2D eigenvalue weighted by atomic mass is 10.3. The maximum absolute atomic E-state index is 11.7. The maximum atomic E-state index is 11.7. The van der Waals surface area contributed by atoms with Crippen LogP contribution in [0.2, 0.25) is 0 Å². The highest BCUT2D eigenvalue weighted by Gasteiger charge is 2.22. The van der Waals surface area contributed by atoms with E-state index in [1.54, 1.807) is 11.2 Å². The van der Waals surface area contributed by atoms with Crippen LogP contribution in [0.5, 0.6) is 0 Å². The Bertz CT molecular complexity index is 329. The Morgan fingerprint density at radius 3 is 2.56 bits per heavy atom.